The first-order chi connectivity index (χ1) is 9.63. The number of fused-ring (bicyclic) bond motifs is 1. The summed E-state index contributed by atoms with van der Waals surface area (Å²) >= 11 is 0. The first kappa shape index (κ1) is 13.1. The van der Waals surface area contributed by atoms with Crippen molar-refractivity contribution < 1.29 is 14.3 Å². The Morgan fingerprint density at radius 2 is 1.95 bits per heavy atom. The van der Waals surface area contributed by atoms with Crippen molar-refractivity contribution in [1.29, 1.82) is 0 Å². The van der Waals surface area contributed by atoms with E-state index in [9.17, 15) is 9.59 Å². The third-order valence-corrected chi connectivity index (χ3v) is 3.95. The molecule has 2 fully saturated rings. The smallest absolute Gasteiger partial charge is 0.233 e. The van der Waals surface area contributed by atoms with Gasteiger partial charge in [0, 0.05) is 12.1 Å². The number of nitrogens with zero attached hydrogens (tertiary/aromatic N) is 1. The summed E-state index contributed by atoms with van der Waals surface area (Å²) in [6.07, 6.45) is 0.721. The molecule has 5 heteroatoms. The zero-order chi connectivity index (χ0) is 14.3. The van der Waals surface area contributed by atoms with Gasteiger partial charge < -0.3 is 10.5 Å². The van der Waals surface area contributed by atoms with Crippen LogP contribution in [0.2, 0.25) is 0 Å². The van der Waals surface area contributed by atoms with Crippen molar-refractivity contribution >= 4 is 11.8 Å². The molecule has 1 saturated heterocycles. The SMILES string of the molecule is CCOc1ccccc1C(N)CN1C(=O)C2CC2C1=O. The molecule has 2 aliphatic rings. The summed E-state index contributed by atoms with van der Waals surface area (Å²) in [5, 5.41) is 0. The molecule has 3 rings (SSSR count). The minimum atomic E-state index is -0.414. The Hall–Kier alpha value is -1.88. The lowest BCUT2D eigenvalue weighted by molar-refractivity contribution is -0.141. The number of rotatable bonds is 5. The summed E-state index contributed by atoms with van der Waals surface area (Å²) in [6, 6.07) is 7.07. The molecule has 0 radical (unpaired) electrons. The Kier molecular flexibility index (Phi) is 3.22. The molecular formula is C15H18N2O3. The standard InChI is InChI=1S/C15H18N2O3/c1-2-20-13-6-4-3-5-9(13)12(16)8-17-14(18)10-7-11(10)15(17)19/h3-6,10-12H,2,7-8,16H2,1H3. The normalized spacial score (nSPS) is 25.6. The quantitative estimate of drug-likeness (QED) is 0.816. The van der Waals surface area contributed by atoms with Crippen molar-refractivity contribution in [3.8, 4) is 5.75 Å². The van der Waals surface area contributed by atoms with Crippen molar-refractivity contribution in [1.82, 2.24) is 4.90 Å². The van der Waals surface area contributed by atoms with Crippen molar-refractivity contribution in [3.63, 3.8) is 0 Å². The van der Waals surface area contributed by atoms with Crippen LogP contribution in [0.25, 0.3) is 0 Å². The molecule has 2 amide bonds. The monoisotopic (exact) mass is 274 g/mol. The molecule has 0 spiro atoms. The second kappa shape index (κ2) is 4.90. The summed E-state index contributed by atoms with van der Waals surface area (Å²) < 4.78 is 5.54. The maximum absolute atomic E-state index is 12.0. The molecule has 20 heavy (non-hydrogen) atoms. The number of nitrogens with two attached hydrogens (primary N) is 1. The predicted molar refractivity (Wildman–Crippen MR) is 72.9 cm³/mol. The number of imide groups is 1. The number of benzene rings is 1. The van der Waals surface area contributed by atoms with Gasteiger partial charge in [0.25, 0.3) is 0 Å². The molecule has 1 aliphatic carbocycles. The predicted octanol–water partition coefficient (Wildman–Crippen LogP) is 1.09. The number of piperidine rings is 1. The zero-order valence-electron chi connectivity index (χ0n) is 11.4. The first-order valence-electron chi connectivity index (χ1n) is 6.96. The Morgan fingerprint density at radius 1 is 1.30 bits per heavy atom. The number of hydrogen-bond donors (Lipinski definition) is 1. The Morgan fingerprint density at radius 3 is 2.60 bits per heavy atom. The average molecular weight is 274 g/mol. The molecule has 2 N–H and O–H groups in total. The van der Waals surface area contributed by atoms with Gasteiger partial charge in [0.2, 0.25) is 11.8 Å². The molecule has 1 saturated carbocycles. The Bertz CT molecular complexity index is 538. The van der Waals surface area contributed by atoms with Crippen molar-refractivity contribution in [2.75, 3.05) is 13.2 Å². The number of carbonyl (C=O) groups is 2. The molecule has 3 unspecified atom stereocenters. The highest BCUT2D eigenvalue weighted by Gasteiger charge is 2.58. The molecule has 106 valence electrons. The van der Waals surface area contributed by atoms with Crippen LogP contribution in [0.4, 0.5) is 0 Å². The third-order valence-electron chi connectivity index (χ3n) is 3.95. The van der Waals surface area contributed by atoms with E-state index in [-0.39, 0.29) is 30.2 Å². The van der Waals surface area contributed by atoms with Gasteiger partial charge in [-0.05, 0) is 19.4 Å². The Labute approximate surface area is 117 Å². The van der Waals surface area contributed by atoms with Gasteiger partial charge in [-0.1, -0.05) is 18.2 Å². The molecule has 1 heterocycles. The highest BCUT2D eigenvalue weighted by molar-refractivity contribution is 6.08. The van der Waals surface area contributed by atoms with E-state index in [1.165, 1.54) is 4.90 Å². The van der Waals surface area contributed by atoms with E-state index in [2.05, 4.69) is 0 Å². The van der Waals surface area contributed by atoms with Crippen LogP contribution in [0.5, 0.6) is 5.75 Å². The molecule has 0 aromatic heterocycles. The summed E-state index contributed by atoms with van der Waals surface area (Å²) in [7, 11) is 0. The molecule has 1 aromatic carbocycles. The van der Waals surface area contributed by atoms with E-state index in [1.54, 1.807) is 0 Å². The van der Waals surface area contributed by atoms with E-state index >= 15 is 0 Å². The fraction of sp³-hybridized carbons (Fsp3) is 0.467. The van der Waals surface area contributed by atoms with Crippen LogP contribution < -0.4 is 10.5 Å². The number of ether oxygens (including phenoxy) is 1. The summed E-state index contributed by atoms with van der Waals surface area (Å²) in [5.41, 5.74) is 6.99. The average Bonchev–Trinajstić information content (AvgIpc) is 3.20. The number of hydrogen-bond acceptors (Lipinski definition) is 4. The van der Waals surface area contributed by atoms with Crippen LogP contribution in [-0.2, 0) is 9.59 Å². The highest BCUT2D eigenvalue weighted by atomic mass is 16.5. The first-order valence-corrected chi connectivity index (χ1v) is 6.96. The lowest BCUT2D eigenvalue weighted by Gasteiger charge is -2.22. The van der Waals surface area contributed by atoms with E-state index in [0.29, 0.717) is 12.4 Å². The Balaban J connectivity index is 1.75. The van der Waals surface area contributed by atoms with Crippen molar-refractivity contribution in [3.05, 3.63) is 29.8 Å². The van der Waals surface area contributed by atoms with E-state index < -0.39 is 6.04 Å². The summed E-state index contributed by atoms with van der Waals surface area (Å²) in [4.78, 5) is 25.2. The number of likely N-dealkylation sites (tertiary alicyclic amines) is 1. The van der Waals surface area contributed by atoms with Crippen molar-refractivity contribution in [2.45, 2.75) is 19.4 Å². The molecule has 1 aromatic rings. The van der Waals surface area contributed by atoms with Gasteiger partial charge in [-0.25, -0.2) is 0 Å². The lowest BCUT2D eigenvalue weighted by atomic mass is 10.1. The topological polar surface area (TPSA) is 72.6 Å². The van der Waals surface area contributed by atoms with Gasteiger partial charge in [0.05, 0.1) is 24.5 Å². The second-order valence-corrected chi connectivity index (χ2v) is 5.31. The summed E-state index contributed by atoms with van der Waals surface area (Å²) in [5.74, 6) is 0.439. The second-order valence-electron chi connectivity index (χ2n) is 5.31. The molecule has 3 atom stereocenters. The molecule has 5 nitrogen and oxygen atoms in total. The van der Waals surface area contributed by atoms with Crippen LogP contribution in [-0.4, -0.2) is 29.9 Å². The number of para-hydroxylation sites is 1. The molecule has 0 bridgehead atoms. The minimum Gasteiger partial charge on any atom is -0.494 e. The van der Waals surface area contributed by atoms with Gasteiger partial charge in [-0.3, -0.25) is 14.5 Å². The van der Waals surface area contributed by atoms with E-state index in [4.69, 9.17) is 10.5 Å². The van der Waals surface area contributed by atoms with Crippen molar-refractivity contribution in [2.24, 2.45) is 17.6 Å². The maximum atomic E-state index is 12.0. The fourth-order valence-corrected chi connectivity index (χ4v) is 2.80. The van der Waals surface area contributed by atoms with Gasteiger partial charge in [-0.15, -0.1) is 0 Å². The van der Waals surface area contributed by atoms with Crippen LogP contribution in [0.3, 0.4) is 0 Å². The van der Waals surface area contributed by atoms with Gasteiger partial charge >= 0.3 is 0 Å². The van der Waals surface area contributed by atoms with Crippen LogP contribution in [0, 0.1) is 11.8 Å². The zero-order valence-corrected chi connectivity index (χ0v) is 11.4. The third kappa shape index (κ3) is 2.08. The number of amides is 2. The van der Waals surface area contributed by atoms with Crippen LogP contribution >= 0.6 is 0 Å². The summed E-state index contributed by atoms with van der Waals surface area (Å²) in [6.45, 7) is 2.69. The van der Waals surface area contributed by atoms with Crippen LogP contribution in [0.15, 0.2) is 24.3 Å². The fourth-order valence-electron chi connectivity index (χ4n) is 2.80. The molecular weight excluding hydrogens is 256 g/mol. The molecule has 1 aliphatic heterocycles. The largest absolute Gasteiger partial charge is 0.494 e. The maximum Gasteiger partial charge on any atom is 0.233 e. The van der Waals surface area contributed by atoms with E-state index in [1.807, 2.05) is 31.2 Å². The highest BCUT2D eigenvalue weighted by Crippen LogP contribution is 2.47. The van der Waals surface area contributed by atoms with E-state index in [0.717, 1.165) is 12.0 Å². The van der Waals surface area contributed by atoms with Gasteiger partial charge in [0.1, 0.15) is 5.75 Å². The number of carbonyl (C=O) groups excluding carboxylic acids is 2. The van der Waals surface area contributed by atoms with Gasteiger partial charge in [0.15, 0.2) is 0 Å². The lowest BCUT2D eigenvalue weighted by Crippen LogP contribution is -2.38. The van der Waals surface area contributed by atoms with Crippen LogP contribution in [0.1, 0.15) is 24.9 Å². The van der Waals surface area contributed by atoms with Gasteiger partial charge in [-0.2, -0.15) is 0 Å². The minimum absolute atomic E-state index is 0.0654.